The van der Waals surface area contributed by atoms with Crippen LogP contribution < -0.4 is 10.0 Å². The number of carbonyl (C=O) groups excluding carboxylic acids is 1. The highest BCUT2D eigenvalue weighted by molar-refractivity contribution is 9.10. The molecule has 0 fully saturated rings. The number of rotatable bonds is 6. The van der Waals surface area contributed by atoms with Crippen LogP contribution in [0, 0.1) is 0 Å². The molecule has 1 heterocycles. The molecular formula is C16H20BrN3O4S. The smallest absolute Gasteiger partial charge is 0.240 e. The fourth-order valence-corrected chi connectivity index (χ4v) is 3.19. The van der Waals surface area contributed by atoms with Crippen molar-refractivity contribution in [3.05, 3.63) is 40.6 Å². The molecule has 0 saturated heterocycles. The monoisotopic (exact) mass is 429 g/mol. The molecule has 1 amide bonds. The maximum atomic E-state index is 12.1. The Morgan fingerprint density at radius 3 is 2.44 bits per heavy atom. The highest BCUT2D eigenvalue weighted by atomic mass is 79.9. The zero-order chi connectivity index (χ0) is 18.7. The van der Waals surface area contributed by atoms with Crippen molar-refractivity contribution in [3.63, 3.8) is 0 Å². The van der Waals surface area contributed by atoms with Gasteiger partial charge in [-0.25, -0.2) is 13.1 Å². The second-order valence-corrected chi connectivity index (χ2v) is 9.16. The lowest BCUT2D eigenvalue weighted by molar-refractivity contribution is -0.116. The van der Waals surface area contributed by atoms with E-state index in [1.807, 2.05) is 20.8 Å². The number of hydrogen-bond acceptors (Lipinski definition) is 5. The lowest BCUT2D eigenvalue weighted by Crippen LogP contribution is -2.27. The molecule has 0 unspecified atom stereocenters. The first kappa shape index (κ1) is 19.6. The number of nitrogens with one attached hydrogen (secondary N) is 2. The summed E-state index contributed by atoms with van der Waals surface area (Å²) in [5.74, 6) is 0.608. The Balaban J connectivity index is 1.86. The van der Waals surface area contributed by atoms with Gasteiger partial charge in [-0.15, -0.1) is 0 Å². The molecule has 0 aliphatic heterocycles. The molecule has 7 nitrogen and oxygen atoms in total. The Morgan fingerprint density at radius 1 is 1.24 bits per heavy atom. The van der Waals surface area contributed by atoms with Crippen LogP contribution in [0.25, 0.3) is 0 Å². The zero-order valence-corrected chi connectivity index (χ0v) is 16.6. The van der Waals surface area contributed by atoms with Crippen molar-refractivity contribution in [3.8, 4) is 0 Å². The molecule has 0 radical (unpaired) electrons. The van der Waals surface area contributed by atoms with E-state index in [4.69, 9.17) is 4.52 Å². The summed E-state index contributed by atoms with van der Waals surface area (Å²) in [5.41, 5.74) is -0.212. The average Bonchev–Trinajstić information content (AvgIpc) is 2.96. The van der Waals surface area contributed by atoms with Gasteiger partial charge < -0.3 is 9.84 Å². The van der Waals surface area contributed by atoms with Gasteiger partial charge in [0.15, 0.2) is 5.82 Å². The third kappa shape index (κ3) is 5.65. The number of sulfonamides is 1. The minimum Gasteiger partial charge on any atom is -0.359 e. The normalized spacial score (nSPS) is 12.2. The van der Waals surface area contributed by atoms with Crippen molar-refractivity contribution in [1.29, 1.82) is 0 Å². The quantitative estimate of drug-likeness (QED) is 0.734. The predicted molar refractivity (Wildman–Crippen MR) is 97.8 cm³/mol. The van der Waals surface area contributed by atoms with Crippen LogP contribution in [0.3, 0.4) is 0 Å². The van der Waals surface area contributed by atoms with Crippen molar-refractivity contribution in [1.82, 2.24) is 9.88 Å². The standard InChI is InChI=1S/C16H20BrN3O4S/c1-16(2,3)13-10-14(20-24-13)19-15(21)8-9-18-25(22,23)12-6-4-11(17)5-7-12/h4-7,10,18H,8-9H2,1-3H3,(H,19,20,21). The SMILES string of the molecule is CC(C)(C)c1cc(NC(=O)CCNS(=O)(=O)c2ccc(Br)cc2)no1. The number of amides is 1. The number of carbonyl (C=O) groups is 1. The van der Waals surface area contributed by atoms with Gasteiger partial charge in [0, 0.05) is 28.9 Å². The Bertz CT molecular complexity index is 839. The lowest BCUT2D eigenvalue weighted by Gasteiger charge is -2.12. The van der Waals surface area contributed by atoms with E-state index < -0.39 is 10.0 Å². The van der Waals surface area contributed by atoms with E-state index in [0.717, 1.165) is 4.47 Å². The van der Waals surface area contributed by atoms with Crippen LogP contribution in [0.5, 0.6) is 0 Å². The van der Waals surface area contributed by atoms with Gasteiger partial charge in [0.2, 0.25) is 15.9 Å². The topological polar surface area (TPSA) is 101 Å². The summed E-state index contributed by atoms with van der Waals surface area (Å²) < 4.78 is 32.6. The molecular weight excluding hydrogens is 410 g/mol. The molecule has 1 aromatic carbocycles. The minimum atomic E-state index is -3.65. The summed E-state index contributed by atoms with van der Waals surface area (Å²) in [5, 5.41) is 6.37. The molecule has 25 heavy (non-hydrogen) atoms. The van der Waals surface area contributed by atoms with Gasteiger partial charge in [-0.05, 0) is 24.3 Å². The number of aromatic nitrogens is 1. The summed E-state index contributed by atoms with van der Waals surface area (Å²) in [7, 11) is -3.65. The van der Waals surface area contributed by atoms with Crippen LogP contribution in [0.15, 0.2) is 44.2 Å². The van der Waals surface area contributed by atoms with Crippen molar-refractivity contribution < 1.29 is 17.7 Å². The Hall–Kier alpha value is -1.71. The summed E-state index contributed by atoms with van der Waals surface area (Å²) >= 11 is 3.25. The van der Waals surface area contributed by atoms with Crippen molar-refractivity contribution in [2.24, 2.45) is 0 Å². The van der Waals surface area contributed by atoms with E-state index in [-0.39, 0.29) is 29.2 Å². The number of hydrogen-bond donors (Lipinski definition) is 2. The Labute approximate surface area is 155 Å². The third-order valence-corrected chi connectivity index (χ3v) is 5.29. The molecule has 2 rings (SSSR count). The largest absolute Gasteiger partial charge is 0.359 e. The van der Waals surface area contributed by atoms with E-state index in [2.05, 4.69) is 31.1 Å². The Kier molecular flexibility index (Phi) is 6.02. The van der Waals surface area contributed by atoms with E-state index in [9.17, 15) is 13.2 Å². The van der Waals surface area contributed by atoms with Crippen LogP contribution in [0.1, 0.15) is 33.0 Å². The van der Waals surface area contributed by atoms with Gasteiger partial charge in [-0.3, -0.25) is 4.79 Å². The van der Waals surface area contributed by atoms with Gasteiger partial charge in [-0.2, -0.15) is 0 Å². The lowest BCUT2D eigenvalue weighted by atomic mass is 9.93. The van der Waals surface area contributed by atoms with E-state index in [1.54, 1.807) is 18.2 Å². The van der Waals surface area contributed by atoms with Gasteiger partial charge in [0.1, 0.15) is 5.76 Å². The first-order valence-electron chi connectivity index (χ1n) is 7.60. The summed E-state index contributed by atoms with van der Waals surface area (Å²) in [4.78, 5) is 12.0. The van der Waals surface area contributed by atoms with Crippen LogP contribution in [-0.2, 0) is 20.2 Å². The molecule has 2 aromatic rings. The van der Waals surface area contributed by atoms with Crippen LogP contribution in [0.2, 0.25) is 0 Å². The van der Waals surface area contributed by atoms with Gasteiger partial charge >= 0.3 is 0 Å². The molecule has 9 heteroatoms. The maximum absolute atomic E-state index is 12.1. The minimum absolute atomic E-state index is 0.0196. The predicted octanol–water partition coefficient (Wildman–Crippen LogP) is 3.04. The summed E-state index contributed by atoms with van der Waals surface area (Å²) in [6, 6.07) is 7.90. The molecule has 0 bridgehead atoms. The van der Waals surface area contributed by atoms with E-state index in [0.29, 0.717) is 11.6 Å². The first-order valence-corrected chi connectivity index (χ1v) is 9.88. The average molecular weight is 430 g/mol. The number of anilines is 1. The van der Waals surface area contributed by atoms with Crippen molar-refractivity contribution >= 4 is 37.7 Å². The zero-order valence-electron chi connectivity index (χ0n) is 14.2. The number of halogens is 1. The van der Waals surface area contributed by atoms with Crippen LogP contribution >= 0.6 is 15.9 Å². The summed E-state index contributed by atoms with van der Waals surface area (Å²) in [6.07, 6.45) is -0.0204. The molecule has 0 aliphatic rings. The van der Waals surface area contributed by atoms with Crippen molar-refractivity contribution in [2.45, 2.75) is 37.5 Å². The fraction of sp³-hybridized carbons (Fsp3) is 0.375. The molecule has 0 atom stereocenters. The molecule has 0 saturated carbocycles. The molecule has 0 spiro atoms. The van der Waals surface area contributed by atoms with E-state index in [1.165, 1.54) is 12.1 Å². The molecule has 2 N–H and O–H groups in total. The first-order chi connectivity index (χ1) is 11.6. The highest BCUT2D eigenvalue weighted by Gasteiger charge is 2.20. The van der Waals surface area contributed by atoms with Crippen LogP contribution in [-0.4, -0.2) is 26.0 Å². The van der Waals surface area contributed by atoms with Crippen molar-refractivity contribution in [2.75, 3.05) is 11.9 Å². The van der Waals surface area contributed by atoms with Gasteiger partial charge in [0.25, 0.3) is 0 Å². The summed E-state index contributed by atoms with van der Waals surface area (Å²) in [6.45, 7) is 5.89. The maximum Gasteiger partial charge on any atom is 0.240 e. The molecule has 1 aromatic heterocycles. The van der Waals surface area contributed by atoms with Gasteiger partial charge in [-0.1, -0.05) is 41.9 Å². The fourth-order valence-electron chi connectivity index (χ4n) is 1.89. The second-order valence-electron chi connectivity index (χ2n) is 6.48. The third-order valence-electron chi connectivity index (χ3n) is 3.28. The number of nitrogens with zero attached hydrogens (tertiary/aromatic N) is 1. The molecule has 0 aliphatic carbocycles. The number of benzene rings is 1. The van der Waals surface area contributed by atoms with E-state index >= 15 is 0 Å². The Morgan fingerprint density at radius 2 is 1.88 bits per heavy atom. The molecule has 136 valence electrons. The van der Waals surface area contributed by atoms with Crippen LogP contribution in [0.4, 0.5) is 5.82 Å². The van der Waals surface area contributed by atoms with Gasteiger partial charge in [0.05, 0.1) is 4.90 Å². The highest BCUT2D eigenvalue weighted by Crippen LogP contribution is 2.24. The second kappa shape index (κ2) is 7.67.